The van der Waals surface area contributed by atoms with Gasteiger partial charge in [-0.2, -0.15) is 0 Å². The first-order valence-electron chi connectivity index (χ1n) is 8.07. The SMILES string of the molecule is O=C(O)N1CC[C@H](NC(=O)C2(Cc3cccc(Cl)c3)CC2)[C@@H](F)C1. The number of rotatable bonds is 4. The van der Waals surface area contributed by atoms with Gasteiger partial charge in [0.05, 0.1) is 18.0 Å². The lowest BCUT2D eigenvalue weighted by Crippen LogP contribution is -2.54. The molecule has 1 aliphatic heterocycles. The van der Waals surface area contributed by atoms with Crippen molar-refractivity contribution in [2.75, 3.05) is 13.1 Å². The number of carboxylic acid groups (broad SMARTS) is 1. The maximum absolute atomic E-state index is 14.2. The Balaban J connectivity index is 1.59. The van der Waals surface area contributed by atoms with Crippen molar-refractivity contribution in [3.8, 4) is 0 Å². The Labute approximate surface area is 144 Å². The number of carbonyl (C=O) groups is 2. The van der Waals surface area contributed by atoms with Gasteiger partial charge in [-0.25, -0.2) is 9.18 Å². The molecule has 2 atom stereocenters. The Bertz CT molecular complexity index is 650. The van der Waals surface area contributed by atoms with Gasteiger partial charge in [-0.05, 0) is 43.4 Å². The number of halogens is 2. The molecule has 1 saturated heterocycles. The molecule has 130 valence electrons. The third kappa shape index (κ3) is 3.64. The van der Waals surface area contributed by atoms with Crippen LogP contribution >= 0.6 is 11.6 Å². The first-order valence-corrected chi connectivity index (χ1v) is 8.45. The van der Waals surface area contributed by atoms with Crippen LogP contribution in [0, 0.1) is 5.41 Å². The van der Waals surface area contributed by atoms with Gasteiger partial charge in [0, 0.05) is 11.6 Å². The van der Waals surface area contributed by atoms with Crippen molar-refractivity contribution in [2.24, 2.45) is 5.41 Å². The molecule has 1 heterocycles. The molecule has 5 nitrogen and oxygen atoms in total. The number of nitrogens with one attached hydrogen (secondary N) is 1. The molecular formula is C17H20ClFN2O3. The zero-order chi connectivity index (χ0) is 17.3. The van der Waals surface area contributed by atoms with E-state index in [2.05, 4.69) is 5.32 Å². The fourth-order valence-electron chi connectivity index (χ4n) is 3.24. The molecule has 0 radical (unpaired) electrons. The average Bonchev–Trinajstić information content (AvgIpc) is 3.30. The monoisotopic (exact) mass is 354 g/mol. The molecule has 0 unspecified atom stereocenters. The summed E-state index contributed by atoms with van der Waals surface area (Å²) >= 11 is 5.98. The van der Waals surface area contributed by atoms with Crippen LogP contribution in [0.1, 0.15) is 24.8 Å². The van der Waals surface area contributed by atoms with Gasteiger partial charge in [0.2, 0.25) is 5.91 Å². The minimum atomic E-state index is -1.37. The third-order valence-corrected chi connectivity index (χ3v) is 5.13. The quantitative estimate of drug-likeness (QED) is 0.873. The van der Waals surface area contributed by atoms with Gasteiger partial charge >= 0.3 is 6.09 Å². The second-order valence-corrected chi connectivity index (χ2v) is 7.14. The molecule has 0 bridgehead atoms. The predicted octanol–water partition coefficient (Wildman–Crippen LogP) is 2.87. The summed E-state index contributed by atoms with van der Waals surface area (Å²) in [6.45, 7) is 0.0452. The summed E-state index contributed by atoms with van der Waals surface area (Å²) < 4.78 is 14.2. The molecule has 2 N–H and O–H groups in total. The minimum absolute atomic E-state index is 0.140. The fourth-order valence-corrected chi connectivity index (χ4v) is 3.45. The topological polar surface area (TPSA) is 69.6 Å². The molecule has 2 aliphatic rings. The van der Waals surface area contributed by atoms with E-state index in [-0.39, 0.29) is 19.0 Å². The zero-order valence-electron chi connectivity index (χ0n) is 13.2. The normalized spacial score (nSPS) is 25.2. The Morgan fingerprint density at radius 1 is 1.42 bits per heavy atom. The molecule has 1 aliphatic carbocycles. The molecule has 2 fully saturated rings. The highest BCUT2D eigenvalue weighted by Gasteiger charge is 2.50. The maximum Gasteiger partial charge on any atom is 0.407 e. The minimum Gasteiger partial charge on any atom is -0.465 e. The van der Waals surface area contributed by atoms with Crippen molar-refractivity contribution >= 4 is 23.6 Å². The second-order valence-electron chi connectivity index (χ2n) is 6.70. The number of benzene rings is 1. The summed E-state index contributed by atoms with van der Waals surface area (Å²) in [4.78, 5) is 24.5. The van der Waals surface area contributed by atoms with Crippen LogP contribution in [0.15, 0.2) is 24.3 Å². The smallest absolute Gasteiger partial charge is 0.407 e. The van der Waals surface area contributed by atoms with Crippen molar-refractivity contribution in [3.63, 3.8) is 0 Å². The van der Waals surface area contributed by atoms with Crippen LogP contribution in [0.3, 0.4) is 0 Å². The van der Waals surface area contributed by atoms with E-state index >= 15 is 0 Å². The van der Waals surface area contributed by atoms with E-state index in [4.69, 9.17) is 16.7 Å². The summed E-state index contributed by atoms with van der Waals surface area (Å²) in [6.07, 6.45) is -0.0636. The molecule has 2 amide bonds. The summed E-state index contributed by atoms with van der Waals surface area (Å²) in [6, 6.07) is 6.80. The predicted molar refractivity (Wildman–Crippen MR) is 87.9 cm³/mol. The van der Waals surface area contributed by atoms with Crippen LogP contribution in [0.2, 0.25) is 5.02 Å². The number of amides is 2. The van der Waals surface area contributed by atoms with Gasteiger partial charge in [-0.3, -0.25) is 4.79 Å². The highest BCUT2D eigenvalue weighted by molar-refractivity contribution is 6.30. The number of alkyl halides is 1. The Morgan fingerprint density at radius 2 is 2.17 bits per heavy atom. The molecule has 3 rings (SSSR count). The lowest BCUT2D eigenvalue weighted by atomic mass is 9.94. The van der Waals surface area contributed by atoms with Crippen LogP contribution in [-0.2, 0) is 11.2 Å². The molecule has 0 spiro atoms. The van der Waals surface area contributed by atoms with E-state index < -0.39 is 23.7 Å². The number of likely N-dealkylation sites (tertiary alicyclic amines) is 1. The summed E-state index contributed by atoms with van der Waals surface area (Å²) in [5.41, 5.74) is 0.515. The molecule has 0 aromatic heterocycles. The largest absolute Gasteiger partial charge is 0.465 e. The van der Waals surface area contributed by atoms with E-state index in [0.29, 0.717) is 17.9 Å². The van der Waals surface area contributed by atoms with E-state index in [1.165, 1.54) is 0 Å². The van der Waals surface area contributed by atoms with Crippen LogP contribution in [0.5, 0.6) is 0 Å². The van der Waals surface area contributed by atoms with Crippen molar-refractivity contribution < 1.29 is 19.1 Å². The van der Waals surface area contributed by atoms with E-state index in [0.717, 1.165) is 23.3 Å². The lowest BCUT2D eigenvalue weighted by molar-refractivity contribution is -0.128. The Kier molecular flexibility index (Phi) is 4.67. The number of nitrogens with zero attached hydrogens (tertiary/aromatic N) is 1. The van der Waals surface area contributed by atoms with Crippen molar-refractivity contribution in [3.05, 3.63) is 34.9 Å². The highest BCUT2D eigenvalue weighted by atomic mass is 35.5. The van der Waals surface area contributed by atoms with Gasteiger partial charge < -0.3 is 15.3 Å². The molecule has 1 aromatic rings. The summed E-state index contributed by atoms with van der Waals surface area (Å²) in [5.74, 6) is -0.140. The van der Waals surface area contributed by atoms with Gasteiger partial charge in [0.25, 0.3) is 0 Å². The Hall–Kier alpha value is -1.82. The van der Waals surface area contributed by atoms with Gasteiger partial charge in [0.15, 0.2) is 0 Å². The molecule has 7 heteroatoms. The van der Waals surface area contributed by atoms with Gasteiger partial charge in [-0.1, -0.05) is 23.7 Å². The van der Waals surface area contributed by atoms with Gasteiger partial charge in [0.1, 0.15) is 6.17 Å². The third-order valence-electron chi connectivity index (χ3n) is 4.90. The zero-order valence-corrected chi connectivity index (χ0v) is 13.9. The van der Waals surface area contributed by atoms with Crippen LogP contribution in [0.25, 0.3) is 0 Å². The number of piperidine rings is 1. The van der Waals surface area contributed by atoms with Crippen molar-refractivity contribution in [1.82, 2.24) is 10.2 Å². The summed E-state index contributed by atoms with van der Waals surface area (Å²) in [7, 11) is 0. The maximum atomic E-state index is 14.2. The molecule has 1 aromatic carbocycles. The van der Waals surface area contributed by atoms with E-state index in [1.807, 2.05) is 18.2 Å². The first kappa shape index (κ1) is 17.0. The number of carbonyl (C=O) groups excluding carboxylic acids is 1. The standard InChI is InChI=1S/C17H20ClFN2O3/c18-12-3-1-2-11(8-12)9-17(5-6-17)15(22)20-14-4-7-21(16(23)24)10-13(14)19/h1-3,8,13-14H,4-7,9-10H2,(H,20,22)(H,23,24)/t13-,14-/m0/s1. The lowest BCUT2D eigenvalue weighted by Gasteiger charge is -2.34. The molecule has 24 heavy (non-hydrogen) atoms. The van der Waals surface area contributed by atoms with Crippen molar-refractivity contribution in [1.29, 1.82) is 0 Å². The first-order chi connectivity index (χ1) is 11.4. The second kappa shape index (κ2) is 6.59. The average molecular weight is 355 g/mol. The van der Waals surface area contributed by atoms with E-state index in [9.17, 15) is 14.0 Å². The Morgan fingerprint density at radius 3 is 2.75 bits per heavy atom. The van der Waals surface area contributed by atoms with Gasteiger partial charge in [-0.15, -0.1) is 0 Å². The molecule has 1 saturated carbocycles. The van der Waals surface area contributed by atoms with Crippen LogP contribution in [-0.4, -0.2) is 47.3 Å². The summed E-state index contributed by atoms with van der Waals surface area (Å²) in [5, 5.41) is 12.3. The van der Waals surface area contributed by atoms with E-state index in [1.54, 1.807) is 6.07 Å². The fraction of sp³-hybridized carbons (Fsp3) is 0.529. The van der Waals surface area contributed by atoms with Crippen LogP contribution < -0.4 is 5.32 Å². The molecular weight excluding hydrogens is 335 g/mol. The van der Waals surface area contributed by atoms with Crippen molar-refractivity contribution in [2.45, 2.75) is 37.9 Å². The van der Waals surface area contributed by atoms with Crippen LogP contribution in [0.4, 0.5) is 9.18 Å². The highest BCUT2D eigenvalue weighted by Crippen LogP contribution is 2.49. The number of hydrogen-bond acceptors (Lipinski definition) is 2. The number of hydrogen-bond donors (Lipinski definition) is 2.